The molecule has 0 saturated carbocycles. The lowest BCUT2D eigenvalue weighted by atomic mass is 10.1. The number of amides is 1. The Morgan fingerprint density at radius 2 is 1.71 bits per heavy atom. The molecule has 2 aromatic carbocycles. The molecule has 0 bridgehead atoms. The van der Waals surface area contributed by atoms with Crippen molar-refractivity contribution in [3.63, 3.8) is 0 Å². The molecule has 8 nitrogen and oxygen atoms in total. The molecule has 1 heterocycles. The third-order valence-electron chi connectivity index (χ3n) is 4.73. The average Bonchev–Trinajstić information content (AvgIpc) is 2.76. The largest absolute Gasteiger partial charge is 0.449 e. The van der Waals surface area contributed by atoms with E-state index in [0.29, 0.717) is 28.4 Å². The highest BCUT2D eigenvalue weighted by atomic mass is 16.5. The number of aromatic nitrogens is 2. The van der Waals surface area contributed by atoms with Crippen molar-refractivity contribution in [2.24, 2.45) is 7.05 Å². The van der Waals surface area contributed by atoms with Gasteiger partial charge in [0, 0.05) is 30.1 Å². The molecule has 3 rings (SSSR count). The van der Waals surface area contributed by atoms with E-state index in [4.69, 9.17) is 4.74 Å². The Morgan fingerprint density at radius 1 is 1.06 bits per heavy atom. The van der Waals surface area contributed by atoms with Crippen LogP contribution in [0.5, 0.6) is 0 Å². The van der Waals surface area contributed by atoms with E-state index in [2.05, 4.69) is 10.4 Å². The van der Waals surface area contributed by atoms with Gasteiger partial charge in [0.1, 0.15) is 0 Å². The summed E-state index contributed by atoms with van der Waals surface area (Å²) in [4.78, 5) is 49.3. The Kier molecular flexibility index (Phi) is 6.59. The highest BCUT2D eigenvalue weighted by Gasteiger charge is 2.23. The van der Waals surface area contributed by atoms with E-state index in [9.17, 15) is 19.2 Å². The lowest BCUT2D eigenvalue weighted by Crippen LogP contribution is -2.28. The van der Waals surface area contributed by atoms with Gasteiger partial charge in [0.15, 0.2) is 11.8 Å². The molecule has 8 heteroatoms. The van der Waals surface area contributed by atoms with Crippen LogP contribution in [0.25, 0.3) is 10.8 Å². The first-order valence-electron chi connectivity index (χ1n) is 9.93. The number of nitrogens with zero attached hydrogens (tertiary/aromatic N) is 2. The van der Waals surface area contributed by atoms with Crippen molar-refractivity contribution in [1.29, 1.82) is 0 Å². The monoisotopic (exact) mass is 421 g/mol. The van der Waals surface area contributed by atoms with Crippen LogP contribution in [0.1, 0.15) is 47.5 Å². The van der Waals surface area contributed by atoms with E-state index in [0.717, 1.165) is 11.1 Å². The SMILES string of the molecule is CCCC(=O)Nc1ccc(C(=O)[C@H](C)OC(=O)c2nn(C)c(=O)c3ccccc23)cc1. The number of aryl methyl sites for hydroxylation is 1. The maximum atomic E-state index is 12.7. The summed E-state index contributed by atoms with van der Waals surface area (Å²) in [5.41, 5.74) is 0.557. The summed E-state index contributed by atoms with van der Waals surface area (Å²) >= 11 is 0. The molecule has 0 aliphatic carbocycles. The molecule has 0 saturated heterocycles. The zero-order valence-electron chi connectivity index (χ0n) is 17.5. The fourth-order valence-electron chi connectivity index (χ4n) is 3.12. The highest BCUT2D eigenvalue weighted by Crippen LogP contribution is 2.17. The van der Waals surface area contributed by atoms with Crippen molar-refractivity contribution in [2.45, 2.75) is 32.8 Å². The Bertz CT molecular complexity index is 1200. The van der Waals surface area contributed by atoms with Gasteiger partial charge in [-0.3, -0.25) is 14.4 Å². The fraction of sp³-hybridized carbons (Fsp3) is 0.261. The summed E-state index contributed by atoms with van der Waals surface area (Å²) in [6.07, 6.45) is 0.0952. The molecule has 3 aromatic rings. The number of esters is 1. The van der Waals surface area contributed by atoms with Crippen LogP contribution in [0.3, 0.4) is 0 Å². The maximum Gasteiger partial charge on any atom is 0.360 e. The number of carbonyl (C=O) groups is 3. The fourth-order valence-corrected chi connectivity index (χ4v) is 3.12. The van der Waals surface area contributed by atoms with Crippen molar-refractivity contribution in [1.82, 2.24) is 9.78 Å². The Hall–Kier alpha value is -3.81. The first-order chi connectivity index (χ1) is 14.8. The lowest BCUT2D eigenvalue weighted by molar-refractivity contribution is -0.116. The van der Waals surface area contributed by atoms with Crippen molar-refractivity contribution in [2.75, 3.05) is 5.32 Å². The number of carbonyl (C=O) groups excluding carboxylic acids is 3. The van der Waals surface area contributed by atoms with Crippen molar-refractivity contribution in [3.05, 3.63) is 70.1 Å². The van der Waals surface area contributed by atoms with Crippen LogP contribution in [0.15, 0.2) is 53.3 Å². The molecule has 0 unspecified atom stereocenters. The predicted octanol–water partition coefficient (Wildman–Crippen LogP) is 3.10. The number of rotatable bonds is 7. The standard InChI is InChI=1S/C23H23N3O5/c1-4-7-19(27)24-16-12-10-15(11-13-16)21(28)14(2)31-23(30)20-17-8-5-6-9-18(17)22(29)26(3)25-20/h5-6,8-14H,4,7H2,1-3H3,(H,24,27)/t14-/m0/s1. The van der Waals surface area contributed by atoms with Gasteiger partial charge in [0.05, 0.1) is 5.39 Å². The van der Waals surface area contributed by atoms with Crippen LogP contribution in [-0.2, 0) is 16.6 Å². The molecule has 0 aliphatic heterocycles. The average molecular weight is 421 g/mol. The van der Waals surface area contributed by atoms with Gasteiger partial charge in [0.25, 0.3) is 5.56 Å². The van der Waals surface area contributed by atoms with Crippen molar-refractivity contribution >= 4 is 34.1 Å². The number of ether oxygens (including phenoxy) is 1. The van der Waals surface area contributed by atoms with Crippen LogP contribution >= 0.6 is 0 Å². The van der Waals surface area contributed by atoms with Crippen LogP contribution in [0, 0.1) is 0 Å². The smallest absolute Gasteiger partial charge is 0.360 e. The number of hydrogen-bond acceptors (Lipinski definition) is 6. The summed E-state index contributed by atoms with van der Waals surface area (Å²) < 4.78 is 6.41. The van der Waals surface area contributed by atoms with Gasteiger partial charge in [-0.2, -0.15) is 5.10 Å². The van der Waals surface area contributed by atoms with Gasteiger partial charge < -0.3 is 10.1 Å². The Labute approximate surface area is 178 Å². The Morgan fingerprint density at radius 3 is 2.35 bits per heavy atom. The second-order valence-electron chi connectivity index (χ2n) is 7.11. The number of ketones is 1. The molecule has 1 N–H and O–H groups in total. The summed E-state index contributed by atoms with van der Waals surface area (Å²) in [6.45, 7) is 3.39. The number of hydrogen-bond donors (Lipinski definition) is 1. The van der Waals surface area contributed by atoms with E-state index in [1.54, 1.807) is 48.5 Å². The molecule has 1 aromatic heterocycles. The lowest BCUT2D eigenvalue weighted by Gasteiger charge is -2.14. The number of anilines is 1. The molecule has 160 valence electrons. The first kappa shape index (κ1) is 21.9. The van der Waals surface area contributed by atoms with Crippen LogP contribution in [0.4, 0.5) is 5.69 Å². The van der Waals surface area contributed by atoms with E-state index in [1.807, 2.05) is 6.92 Å². The molecular formula is C23H23N3O5. The second-order valence-corrected chi connectivity index (χ2v) is 7.11. The zero-order chi connectivity index (χ0) is 22.5. The van der Waals surface area contributed by atoms with E-state index < -0.39 is 17.9 Å². The molecule has 0 spiro atoms. The van der Waals surface area contributed by atoms with Crippen LogP contribution < -0.4 is 10.9 Å². The number of benzene rings is 2. The molecule has 0 aliphatic rings. The normalized spacial score (nSPS) is 11.7. The third kappa shape index (κ3) is 4.85. The van der Waals surface area contributed by atoms with E-state index in [1.165, 1.54) is 14.0 Å². The number of fused-ring (bicyclic) bond motifs is 1. The number of nitrogens with one attached hydrogen (secondary N) is 1. The second kappa shape index (κ2) is 9.34. The minimum absolute atomic E-state index is 0.0358. The number of Topliss-reactive ketones (excluding diaryl/α,β-unsaturated/α-hetero) is 1. The van der Waals surface area contributed by atoms with Gasteiger partial charge in [-0.1, -0.05) is 25.1 Å². The van der Waals surface area contributed by atoms with Gasteiger partial charge in [-0.25, -0.2) is 9.48 Å². The minimum atomic E-state index is -1.06. The molecule has 1 atom stereocenters. The third-order valence-corrected chi connectivity index (χ3v) is 4.73. The summed E-state index contributed by atoms with van der Waals surface area (Å²) in [7, 11) is 1.45. The molecule has 31 heavy (non-hydrogen) atoms. The minimum Gasteiger partial charge on any atom is -0.449 e. The highest BCUT2D eigenvalue weighted by molar-refractivity contribution is 6.05. The summed E-state index contributed by atoms with van der Waals surface area (Å²) in [6, 6.07) is 13.0. The van der Waals surface area contributed by atoms with Gasteiger partial charge >= 0.3 is 5.97 Å². The summed E-state index contributed by atoms with van der Waals surface area (Å²) in [5, 5.41) is 7.47. The quantitative estimate of drug-likeness (QED) is 0.464. The van der Waals surface area contributed by atoms with Gasteiger partial charge in [-0.05, 0) is 43.7 Å². The molecule has 0 fully saturated rings. The van der Waals surface area contributed by atoms with Crippen molar-refractivity contribution in [3.8, 4) is 0 Å². The van der Waals surface area contributed by atoms with Crippen LogP contribution in [-0.4, -0.2) is 33.5 Å². The van der Waals surface area contributed by atoms with Crippen molar-refractivity contribution < 1.29 is 19.1 Å². The van der Waals surface area contributed by atoms with Gasteiger partial charge in [0.2, 0.25) is 11.7 Å². The van der Waals surface area contributed by atoms with Crippen LogP contribution in [0.2, 0.25) is 0 Å². The molecule has 1 amide bonds. The zero-order valence-corrected chi connectivity index (χ0v) is 17.5. The predicted molar refractivity (Wildman–Crippen MR) is 116 cm³/mol. The molecular weight excluding hydrogens is 398 g/mol. The molecule has 0 radical (unpaired) electrons. The maximum absolute atomic E-state index is 12.7. The Balaban J connectivity index is 1.75. The van der Waals surface area contributed by atoms with E-state index in [-0.39, 0.29) is 17.2 Å². The van der Waals surface area contributed by atoms with Gasteiger partial charge in [-0.15, -0.1) is 0 Å². The topological polar surface area (TPSA) is 107 Å². The van der Waals surface area contributed by atoms with E-state index >= 15 is 0 Å². The first-order valence-corrected chi connectivity index (χ1v) is 9.93. The summed E-state index contributed by atoms with van der Waals surface area (Å²) in [5.74, 6) is -1.29.